The second-order valence-corrected chi connectivity index (χ2v) is 8.69. The Morgan fingerprint density at radius 3 is 2.57 bits per heavy atom. The van der Waals surface area contributed by atoms with Crippen LogP contribution in [0.1, 0.15) is 38.2 Å². The maximum Gasteiger partial charge on any atom is 0.340 e. The summed E-state index contributed by atoms with van der Waals surface area (Å²) in [6.07, 6.45) is 0.960. The molecule has 0 unspecified atom stereocenters. The second-order valence-electron chi connectivity index (χ2n) is 7.77. The zero-order valence-corrected chi connectivity index (χ0v) is 17.8. The Balaban J connectivity index is 2.07. The molecular formula is C21H24BrNO5. The van der Waals surface area contributed by atoms with Crippen LogP contribution in [0, 0.1) is 5.41 Å². The maximum atomic E-state index is 13.0. The molecule has 3 rings (SSSR count). The number of halogens is 1. The predicted octanol–water partition coefficient (Wildman–Crippen LogP) is 3.57. The maximum absolute atomic E-state index is 13.0. The Morgan fingerprint density at radius 2 is 1.93 bits per heavy atom. The lowest BCUT2D eigenvalue weighted by Crippen LogP contribution is -2.35. The largest absolute Gasteiger partial charge is 0.460 e. The smallest absolute Gasteiger partial charge is 0.340 e. The average molecular weight is 450 g/mol. The lowest BCUT2D eigenvalue weighted by molar-refractivity contribution is -0.140. The number of benzene rings is 1. The van der Waals surface area contributed by atoms with Gasteiger partial charge in [-0.15, -0.1) is 0 Å². The number of hydrogen-bond acceptors (Lipinski definition) is 6. The minimum Gasteiger partial charge on any atom is -0.460 e. The molecule has 1 aliphatic carbocycles. The highest BCUT2D eigenvalue weighted by molar-refractivity contribution is 9.10. The van der Waals surface area contributed by atoms with Crippen molar-refractivity contribution in [2.75, 3.05) is 20.3 Å². The molecule has 0 radical (unpaired) electrons. The van der Waals surface area contributed by atoms with Gasteiger partial charge in [-0.05, 0) is 23.1 Å². The Bertz CT molecular complexity index is 854. The summed E-state index contributed by atoms with van der Waals surface area (Å²) in [6.45, 7) is 4.39. The van der Waals surface area contributed by atoms with Crippen molar-refractivity contribution in [2.24, 2.45) is 11.1 Å². The van der Waals surface area contributed by atoms with Crippen LogP contribution in [-0.2, 0) is 23.8 Å². The van der Waals surface area contributed by atoms with Gasteiger partial charge in [0.15, 0.2) is 5.78 Å². The van der Waals surface area contributed by atoms with Gasteiger partial charge in [-0.2, -0.15) is 0 Å². The van der Waals surface area contributed by atoms with Crippen molar-refractivity contribution in [3.05, 3.63) is 57.1 Å². The summed E-state index contributed by atoms with van der Waals surface area (Å²) in [6, 6.07) is 7.47. The van der Waals surface area contributed by atoms with Crippen LogP contribution in [0.5, 0.6) is 0 Å². The molecule has 7 heteroatoms. The molecule has 2 aliphatic rings. The van der Waals surface area contributed by atoms with E-state index in [9.17, 15) is 9.59 Å². The van der Waals surface area contributed by atoms with Crippen LogP contribution in [-0.4, -0.2) is 32.1 Å². The van der Waals surface area contributed by atoms with Crippen LogP contribution in [0.4, 0.5) is 0 Å². The van der Waals surface area contributed by atoms with E-state index in [1.165, 1.54) is 7.11 Å². The lowest BCUT2D eigenvalue weighted by Gasteiger charge is -2.38. The molecule has 0 saturated heterocycles. The first-order chi connectivity index (χ1) is 13.2. The summed E-state index contributed by atoms with van der Waals surface area (Å²) in [5.74, 6) is -0.726. The Labute approximate surface area is 172 Å². The molecule has 0 fully saturated rings. The van der Waals surface area contributed by atoms with Crippen LogP contribution < -0.4 is 5.73 Å². The topological polar surface area (TPSA) is 87.8 Å². The Hall–Kier alpha value is -2.12. The van der Waals surface area contributed by atoms with E-state index in [1.54, 1.807) is 0 Å². The third kappa shape index (κ3) is 4.15. The Kier molecular flexibility index (Phi) is 5.95. The van der Waals surface area contributed by atoms with Crippen molar-refractivity contribution in [2.45, 2.75) is 32.6 Å². The van der Waals surface area contributed by atoms with Gasteiger partial charge in [0.1, 0.15) is 17.9 Å². The van der Waals surface area contributed by atoms with Crippen LogP contribution >= 0.6 is 15.9 Å². The molecule has 2 N–H and O–H groups in total. The van der Waals surface area contributed by atoms with Gasteiger partial charge in [0, 0.05) is 30.0 Å². The van der Waals surface area contributed by atoms with Crippen molar-refractivity contribution in [3.63, 3.8) is 0 Å². The fourth-order valence-electron chi connectivity index (χ4n) is 3.67. The van der Waals surface area contributed by atoms with Gasteiger partial charge in [0.25, 0.3) is 0 Å². The number of allylic oxidation sites excluding steroid dienone is 2. The summed E-state index contributed by atoms with van der Waals surface area (Å²) in [5.41, 5.74) is 7.37. The van der Waals surface area contributed by atoms with E-state index in [0.29, 0.717) is 24.2 Å². The number of ketones is 1. The fourth-order valence-corrected chi connectivity index (χ4v) is 3.93. The van der Waals surface area contributed by atoms with Crippen molar-refractivity contribution in [3.8, 4) is 0 Å². The van der Waals surface area contributed by atoms with Crippen LogP contribution in [0.2, 0.25) is 0 Å². The summed E-state index contributed by atoms with van der Waals surface area (Å²) in [7, 11) is 1.52. The van der Waals surface area contributed by atoms with Crippen LogP contribution in [0.3, 0.4) is 0 Å². The Morgan fingerprint density at radius 1 is 1.25 bits per heavy atom. The molecule has 0 aromatic heterocycles. The first-order valence-electron chi connectivity index (χ1n) is 9.09. The van der Waals surface area contributed by atoms with E-state index >= 15 is 0 Å². The summed E-state index contributed by atoms with van der Waals surface area (Å²) in [5, 5.41) is 0. The van der Waals surface area contributed by atoms with Gasteiger partial charge in [-0.3, -0.25) is 4.79 Å². The average Bonchev–Trinajstić information content (AvgIpc) is 2.60. The highest BCUT2D eigenvalue weighted by Gasteiger charge is 2.45. The van der Waals surface area contributed by atoms with Crippen molar-refractivity contribution < 1.29 is 23.8 Å². The number of carbonyl (C=O) groups is 2. The molecular weight excluding hydrogens is 426 g/mol. The molecule has 1 aromatic carbocycles. The minimum absolute atomic E-state index is 0.0143. The van der Waals surface area contributed by atoms with Gasteiger partial charge in [0.05, 0.1) is 12.5 Å². The first kappa shape index (κ1) is 20.6. The molecule has 1 heterocycles. The molecule has 1 aliphatic heterocycles. The number of carbonyl (C=O) groups excluding carboxylic acids is 2. The number of ether oxygens (including phenoxy) is 3. The third-order valence-corrected chi connectivity index (χ3v) is 5.43. The summed E-state index contributed by atoms with van der Waals surface area (Å²) in [4.78, 5) is 25.9. The monoisotopic (exact) mass is 449 g/mol. The highest BCUT2D eigenvalue weighted by Crippen LogP contribution is 2.48. The number of nitrogens with two attached hydrogens (primary N) is 1. The first-order valence-corrected chi connectivity index (χ1v) is 9.88. The quantitative estimate of drug-likeness (QED) is 0.545. The second kappa shape index (κ2) is 8.09. The van der Waals surface area contributed by atoms with E-state index < -0.39 is 11.9 Å². The van der Waals surface area contributed by atoms with Gasteiger partial charge in [-0.1, -0.05) is 41.9 Å². The summed E-state index contributed by atoms with van der Waals surface area (Å²) < 4.78 is 16.9. The standard InChI is InChI=1S/C21H24BrNO5/c1-21(2)10-14(24)17-15(11-21)28-19(23)18(20(25)27-9-8-26-3)16(17)12-4-6-13(22)7-5-12/h4-7,16H,8-11,23H2,1-3H3/t16-/m0/s1. The predicted molar refractivity (Wildman–Crippen MR) is 107 cm³/mol. The van der Waals surface area contributed by atoms with Crippen LogP contribution in [0.15, 0.2) is 51.5 Å². The molecule has 0 bridgehead atoms. The SMILES string of the molecule is COCCOC(=O)C1=C(N)OC2=C(C(=O)CC(C)(C)C2)[C@@H]1c1ccc(Br)cc1. The van der Waals surface area contributed by atoms with E-state index in [2.05, 4.69) is 15.9 Å². The summed E-state index contributed by atoms with van der Waals surface area (Å²) >= 11 is 3.42. The van der Waals surface area contributed by atoms with Crippen molar-refractivity contribution >= 4 is 27.7 Å². The molecule has 1 aromatic rings. The third-order valence-electron chi connectivity index (χ3n) is 4.90. The number of Topliss-reactive ketones (excluding diaryl/α,β-unsaturated/α-hetero) is 1. The normalized spacial score (nSPS) is 21.3. The number of esters is 1. The zero-order valence-electron chi connectivity index (χ0n) is 16.2. The number of hydrogen-bond donors (Lipinski definition) is 1. The van der Waals surface area contributed by atoms with E-state index in [4.69, 9.17) is 19.9 Å². The minimum atomic E-state index is -0.615. The molecule has 0 saturated carbocycles. The highest BCUT2D eigenvalue weighted by atomic mass is 79.9. The lowest BCUT2D eigenvalue weighted by atomic mass is 9.70. The number of rotatable bonds is 5. The molecule has 150 valence electrons. The fraction of sp³-hybridized carbons (Fsp3) is 0.429. The van der Waals surface area contributed by atoms with Crippen molar-refractivity contribution in [1.29, 1.82) is 0 Å². The van der Waals surface area contributed by atoms with E-state index in [-0.39, 0.29) is 35.9 Å². The van der Waals surface area contributed by atoms with Gasteiger partial charge >= 0.3 is 5.97 Å². The molecule has 1 atom stereocenters. The zero-order chi connectivity index (χ0) is 20.5. The number of methoxy groups -OCH3 is 1. The molecule has 28 heavy (non-hydrogen) atoms. The van der Waals surface area contributed by atoms with Gasteiger partial charge in [-0.25, -0.2) is 4.79 Å². The van der Waals surface area contributed by atoms with Crippen LogP contribution in [0.25, 0.3) is 0 Å². The van der Waals surface area contributed by atoms with Gasteiger partial charge < -0.3 is 19.9 Å². The molecule has 0 amide bonds. The van der Waals surface area contributed by atoms with E-state index in [1.807, 2.05) is 38.1 Å². The molecule has 6 nitrogen and oxygen atoms in total. The van der Waals surface area contributed by atoms with E-state index in [0.717, 1.165) is 10.0 Å². The van der Waals surface area contributed by atoms with Gasteiger partial charge in [0.2, 0.25) is 5.88 Å². The van der Waals surface area contributed by atoms with Crippen molar-refractivity contribution in [1.82, 2.24) is 0 Å². The molecule has 0 spiro atoms.